The average molecular weight is 187 g/mol. The number of hydrazine groups is 1. The number of nitrogens with zero attached hydrogens (tertiary/aromatic N) is 1. The second-order valence-electron chi connectivity index (χ2n) is 4.90. The average Bonchev–Trinajstić information content (AvgIpc) is 1.99. The second-order valence-corrected chi connectivity index (χ2v) is 4.90. The number of hydrogen-bond acceptors (Lipinski definition) is 3. The van der Waals surface area contributed by atoms with Gasteiger partial charge in [0.25, 0.3) is 0 Å². The third-order valence-electron chi connectivity index (χ3n) is 2.91. The molecule has 1 unspecified atom stereocenters. The highest BCUT2D eigenvalue weighted by atomic mass is 15.3. The van der Waals surface area contributed by atoms with E-state index in [1.807, 2.05) is 0 Å². The van der Waals surface area contributed by atoms with Crippen LogP contribution in [-0.2, 0) is 0 Å². The highest BCUT2D eigenvalue weighted by molar-refractivity contribution is 4.90. The first kappa shape index (κ1) is 12.9. The molecule has 0 aromatic rings. The van der Waals surface area contributed by atoms with Crippen LogP contribution in [-0.4, -0.2) is 30.6 Å². The van der Waals surface area contributed by atoms with E-state index in [4.69, 9.17) is 5.84 Å². The van der Waals surface area contributed by atoms with Crippen molar-refractivity contribution >= 4 is 0 Å². The van der Waals surface area contributed by atoms with E-state index in [9.17, 15) is 0 Å². The zero-order valence-electron chi connectivity index (χ0n) is 9.89. The zero-order chi connectivity index (χ0) is 10.6. The van der Waals surface area contributed by atoms with Crippen LogP contribution in [0.3, 0.4) is 0 Å². The quantitative estimate of drug-likeness (QED) is 0.502. The molecule has 3 nitrogen and oxygen atoms in total. The minimum absolute atomic E-state index is 0.0963. The van der Waals surface area contributed by atoms with Gasteiger partial charge in [0.1, 0.15) is 0 Å². The van der Waals surface area contributed by atoms with Gasteiger partial charge in [0.15, 0.2) is 0 Å². The van der Waals surface area contributed by atoms with E-state index in [1.165, 1.54) is 0 Å². The van der Waals surface area contributed by atoms with Crippen LogP contribution in [0.4, 0.5) is 0 Å². The summed E-state index contributed by atoms with van der Waals surface area (Å²) in [7, 11) is 4.18. The number of likely N-dealkylation sites (N-methyl/N-ethyl adjacent to an activating group) is 1. The Labute approximate surface area is 82.6 Å². The van der Waals surface area contributed by atoms with Gasteiger partial charge < -0.3 is 4.90 Å². The Morgan fingerprint density at radius 2 is 1.77 bits per heavy atom. The molecular weight excluding hydrogens is 162 g/mol. The predicted molar refractivity (Wildman–Crippen MR) is 58.3 cm³/mol. The SMILES string of the molecule is CC(C)CC(NN)C(C)(C)N(C)C. The fraction of sp³-hybridized carbons (Fsp3) is 1.00. The molecule has 0 rings (SSSR count). The summed E-state index contributed by atoms with van der Waals surface area (Å²) in [5, 5.41) is 0. The molecule has 1 atom stereocenters. The largest absolute Gasteiger partial charge is 0.303 e. The molecule has 0 amide bonds. The number of nitrogens with one attached hydrogen (secondary N) is 1. The molecule has 0 aliphatic rings. The van der Waals surface area contributed by atoms with Crippen molar-refractivity contribution in [1.82, 2.24) is 10.3 Å². The van der Waals surface area contributed by atoms with Crippen molar-refractivity contribution in [2.24, 2.45) is 11.8 Å². The Hall–Kier alpha value is -0.120. The molecule has 3 heteroatoms. The van der Waals surface area contributed by atoms with Crippen LogP contribution in [0.1, 0.15) is 34.1 Å². The van der Waals surface area contributed by atoms with Crippen molar-refractivity contribution in [2.45, 2.75) is 45.7 Å². The maximum Gasteiger partial charge on any atom is 0.0391 e. The van der Waals surface area contributed by atoms with Gasteiger partial charge >= 0.3 is 0 Å². The summed E-state index contributed by atoms with van der Waals surface area (Å²) in [4.78, 5) is 2.21. The lowest BCUT2D eigenvalue weighted by Gasteiger charge is -2.40. The van der Waals surface area contributed by atoms with Gasteiger partial charge in [-0.15, -0.1) is 0 Å². The van der Waals surface area contributed by atoms with Gasteiger partial charge in [-0.05, 0) is 40.3 Å². The first-order chi connectivity index (χ1) is 5.82. The van der Waals surface area contributed by atoms with E-state index >= 15 is 0 Å². The third-order valence-corrected chi connectivity index (χ3v) is 2.91. The van der Waals surface area contributed by atoms with Gasteiger partial charge in [-0.2, -0.15) is 0 Å². The van der Waals surface area contributed by atoms with E-state index < -0.39 is 0 Å². The molecule has 80 valence electrons. The van der Waals surface area contributed by atoms with Crippen molar-refractivity contribution in [3.05, 3.63) is 0 Å². The molecule has 0 saturated heterocycles. The summed E-state index contributed by atoms with van der Waals surface area (Å²) in [6, 6.07) is 0.336. The Balaban J connectivity index is 4.37. The van der Waals surface area contributed by atoms with Crippen LogP contribution in [0, 0.1) is 5.92 Å². The van der Waals surface area contributed by atoms with Crippen molar-refractivity contribution in [3.8, 4) is 0 Å². The number of hydrogen-bond donors (Lipinski definition) is 2. The van der Waals surface area contributed by atoms with Crippen molar-refractivity contribution in [2.75, 3.05) is 14.1 Å². The monoisotopic (exact) mass is 187 g/mol. The van der Waals surface area contributed by atoms with E-state index in [0.29, 0.717) is 12.0 Å². The lowest BCUT2D eigenvalue weighted by atomic mass is 9.87. The summed E-state index contributed by atoms with van der Waals surface area (Å²) in [6.45, 7) is 8.85. The number of nitrogens with two attached hydrogens (primary N) is 1. The predicted octanol–water partition coefficient (Wildman–Crippen LogP) is 1.20. The molecule has 0 heterocycles. The van der Waals surface area contributed by atoms with E-state index in [1.54, 1.807) is 0 Å². The van der Waals surface area contributed by atoms with Gasteiger partial charge in [-0.1, -0.05) is 13.8 Å². The van der Waals surface area contributed by atoms with Gasteiger partial charge in [-0.25, -0.2) is 0 Å². The first-order valence-corrected chi connectivity index (χ1v) is 4.96. The molecule has 0 radical (unpaired) electrons. The molecule has 13 heavy (non-hydrogen) atoms. The molecule has 0 aromatic heterocycles. The molecule has 0 saturated carbocycles. The molecule has 0 spiro atoms. The summed E-state index contributed by atoms with van der Waals surface area (Å²) >= 11 is 0. The molecular formula is C10H25N3. The number of rotatable bonds is 5. The zero-order valence-corrected chi connectivity index (χ0v) is 9.89. The van der Waals surface area contributed by atoms with Crippen LogP contribution in [0.2, 0.25) is 0 Å². The van der Waals surface area contributed by atoms with Crippen LogP contribution < -0.4 is 11.3 Å². The van der Waals surface area contributed by atoms with Crippen LogP contribution in [0.15, 0.2) is 0 Å². The molecule has 0 bridgehead atoms. The lowest BCUT2D eigenvalue weighted by Crippen LogP contribution is -2.57. The summed E-state index contributed by atoms with van der Waals surface area (Å²) in [5.41, 5.74) is 3.01. The minimum atomic E-state index is 0.0963. The fourth-order valence-electron chi connectivity index (χ4n) is 1.34. The molecule has 0 fully saturated rings. The van der Waals surface area contributed by atoms with Crippen molar-refractivity contribution in [3.63, 3.8) is 0 Å². The molecule has 3 N–H and O–H groups in total. The van der Waals surface area contributed by atoms with E-state index in [-0.39, 0.29) is 5.54 Å². The van der Waals surface area contributed by atoms with Crippen molar-refractivity contribution in [1.29, 1.82) is 0 Å². The smallest absolute Gasteiger partial charge is 0.0391 e. The molecule has 0 aliphatic heterocycles. The summed E-state index contributed by atoms with van der Waals surface area (Å²) in [6.07, 6.45) is 1.10. The Morgan fingerprint density at radius 3 is 2.00 bits per heavy atom. The van der Waals surface area contributed by atoms with Gasteiger partial charge in [0.05, 0.1) is 0 Å². The van der Waals surface area contributed by atoms with E-state index in [0.717, 1.165) is 6.42 Å². The van der Waals surface area contributed by atoms with Crippen LogP contribution >= 0.6 is 0 Å². The highest BCUT2D eigenvalue weighted by Gasteiger charge is 2.30. The third kappa shape index (κ3) is 3.63. The highest BCUT2D eigenvalue weighted by Crippen LogP contribution is 2.20. The van der Waals surface area contributed by atoms with Gasteiger partial charge in [-0.3, -0.25) is 11.3 Å². The maximum absolute atomic E-state index is 5.57. The normalized spacial score (nSPS) is 15.5. The topological polar surface area (TPSA) is 41.3 Å². The molecule has 0 aromatic carbocycles. The molecule has 0 aliphatic carbocycles. The van der Waals surface area contributed by atoms with Gasteiger partial charge in [0, 0.05) is 11.6 Å². The standard InChI is InChI=1S/C10H25N3/c1-8(2)7-9(12-11)10(3,4)13(5)6/h8-9,12H,7,11H2,1-6H3. The summed E-state index contributed by atoms with van der Waals surface area (Å²) < 4.78 is 0. The first-order valence-electron chi connectivity index (χ1n) is 4.96. The van der Waals surface area contributed by atoms with Crippen molar-refractivity contribution < 1.29 is 0 Å². The Morgan fingerprint density at radius 1 is 1.31 bits per heavy atom. The fourth-order valence-corrected chi connectivity index (χ4v) is 1.34. The minimum Gasteiger partial charge on any atom is -0.303 e. The summed E-state index contributed by atoms with van der Waals surface area (Å²) in [5.74, 6) is 6.24. The van der Waals surface area contributed by atoms with Crippen LogP contribution in [0.5, 0.6) is 0 Å². The van der Waals surface area contributed by atoms with Crippen LogP contribution in [0.25, 0.3) is 0 Å². The Bertz CT molecular complexity index is 141. The Kier molecular flexibility index (Phi) is 4.89. The van der Waals surface area contributed by atoms with Gasteiger partial charge in [0.2, 0.25) is 0 Å². The second kappa shape index (κ2) is 4.94. The van der Waals surface area contributed by atoms with E-state index in [2.05, 4.69) is 52.1 Å². The lowest BCUT2D eigenvalue weighted by molar-refractivity contribution is 0.124. The maximum atomic E-state index is 5.57.